The Balaban J connectivity index is 2.76. The summed E-state index contributed by atoms with van der Waals surface area (Å²) in [5, 5.41) is 0. The lowest BCUT2D eigenvalue weighted by Gasteiger charge is -2.14. The van der Waals surface area contributed by atoms with Gasteiger partial charge in [-0.15, -0.1) is 0 Å². The highest BCUT2D eigenvalue weighted by atomic mass is 79.9. The molecule has 0 heterocycles. The summed E-state index contributed by atoms with van der Waals surface area (Å²) in [5.41, 5.74) is 2.39. The number of halogens is 1. The Bertz CT molecular complexity index is 374. The largest absolute Gasteiger partial charge is 0.466 e. The molecule has 1 aromatic rings. The molecule has 0 saturated heterocycles. The second-order valence-corrected chi connectivity index (χ2v) is 4.72. The second-order valence-electron chi connectivity index (χ2n) is 3.86. The fourth-order valence-corrected chi connectivity index (χ4v) is 2.12. The molecule has 0 aromatic heterocycles. The summed E-state index contributed by atoms with van der Waals surface area (Å²) in [7, 11) is 0. The predicted molar refractivity (Wildman–Crippen MR) is 68.5 cm³/mol. The molecule has 0 aliphatic heterocycles. The van der Waals surface area contributed by atoms with E-state index in [1.165, 1.54) is 11.1 Å². The molecule has 88 valence electrons. The van der Waals surface area contributed by atoms with Crippen molar-refractivity contribution in [1.82, 2.24) is 0 Å². The van der Waals surface area contributed by atoms with Gasteiger partial charge < -0.3 is 4.74 Å². The summed E-state index contributed by atoms with van der Waals surface area (Å²) in [6, 6.07) is 6.06. The number of carbonyl (C=O) groups excluding carboxylic acids is 1. The molecular formula is C13H17BrO2. The van der Waals surface area contributed by atoms with Crippen LogP contribution in [0.5, 0.6) is 0 Å². The Morgan fingerprint density at radius 3 is 2.81 bits per heavy atom. The highest BCUT2D eigenvalue weighted by Gasteiger charge is 2.14. The van der Waals surface area contributed by atoms with E-state index >= 15 is 0 Å². The van der Waals surface area contributed by atoms with E-state index in [4.69, 9.17) is 4.74 Å². The van der Waals surface area contributed by atoms with Crippen LogP contribution >= 0.6 is 15.9 Å². The molecule has 0 saturated carbocycles. The average Bonchev–Trinajstić information content (AvgIpc) is 2.22. The summed E-state index contributed by atoms with van der Waals surface area (Å²) in [6.07, 6.45) is 0.436. The van der Waals surface area contributed by atoms with Gasteiger partial charge in [0.1, 0.15) is 0 Å². The number of hydrogen-bond acceptors (Lipinski definition) is 2. The maximum atomic E-state index is 11.4. The van der Waals surface area contributed by atoms with Gasteiger partial charge in [0.25, 0.3) is 0 Å². The van der Waals surface area contributed by atoms with E-state index < -0.39 is 0 Å². The van der Waals surface area contributed by atoms with Crippen LogP contribution in [0.1, 0.15) is 37.3 Å². The van der Waals surface area contributed by atoms with Gasteiger partial charge in [0, 0.05) is 4.47 Å². The second kappa shape index (κ2) is 6.04. The molecule has 1 unspecified atom stereocenters. The molecule has 0 aliphatic rings. The molecule has 1 rings (SSSR count). The van der Waals surface area contributed by atoms with Crippen molar-refractivity contribution in [3.63, 3.8) is 0 Å². The van der Waals surface area contributed by atoms with Gasteiger partial charge in [-0.05, 0) is 37.0 Å². The highest BCUT2D eigenvalue weighted by Crippen LogP contribution is 2.27. The Labute approximate surface area is 105 Å². The van der Waals surface area contributed by atoms with Gasteiger partial charge in [-0.1, -0.05) is 35.0 Å². The molecule has 0 N–H and O–H groups in total. The quantitative estimate of drug-likeness (QED) is 0.786. The number of esters is 1. The molecule has 3 heteroatoms. The number of benzene rings is 1. The number of ether oxygens (including phenoxy) is 1. The van der Waals surface area contributed by atoms with Gasteiger partial charge in [0.15, 0.2) is 0 Å². The van der Waals surface area contributed by atoms with Crippen LogP contribution in [0.25, 0.3) is 0 Å². The minimum atomic E-state index is -0.130. The zero-order valence-electron chi connectivity index (χ0n) is 9.92. The van der Waals surface area contributed by atoms with E-state index in [1.54, 1.807) is 0 Å². The smallest absolute Gasteiger partial charge is 0.306 e. The first-order valence-corrected chi connectivity index (χ1v) is 6.26. The molecule has 1 atom stereocenters. The number of carbonyl (C=O) groups is 1. The molecule has 0 aliphatic carbocycles. The third-order valence-electron chi connectivity index (χ3n) is 2.62. The van der Waals surface area contributed by atoms with E-state index in [1.807, 2.05) is 26.0 Å². The van der Waals surface area contributed by atoms with Crippen LogP contribution in [-0.2, 0) is 9.53 Å². The molecule has 0 spiro atoms. The SMILES string of the molecule is CCOC(=O)CC(C)c1cccc(Br)c1C. The van der Waals surface area contributed by atoms with E-state index in [0.717, 1.165) is 4.47 Å². The first kappa shape index (κ1) is 13.2. The van der Waals surface area contributed by atoms with Crippen molar-refractivity contribution in [2.45, 2.75) is 33.1 Å². The van der Waals surface area contributed by atoms with Crippen LogP contribution in [-0.4, -0.2) is 12.6 Å². The van der Waals surface area contributed by atoms with Crippen LogP contribution in [0.2, 0.25) is 0 Å². The van der Waals surface area contributed by atoms with Gasteiger partial charge in [-0.25, -0.2) is 0 Å². The summed E-state index contributed by atoms with van der Waals surface area (Å²) in [5.74, 6) is 0.0610. The van der Waals surface area contributed by atoms with Gasteiger partial charge in [-0.2, -0.15) is 0 Å². The first-order valence-electron chi connectivity index (χ1n) is 5.46. The topological polar surface area (TPSA) is 26.3 Å². The van der Waals surface area contributed by atoms with Gasteiger partial charge in [0.2, 0.25) is 0 Å². The van der Waals surface area contributed by atoms with Crippen LogP contribution in [0.3, 0.4) is 0 Å². The summed E-state index contributed by atoms with van der Waals surface area (Å²) >= 11 is 3.50. The van der Waals surface area contributed by atoms with Crippen molar-refractivity contribution in [1.29, 1.82) is 0 Å². The molecule has 0 amide bonds. The highest BCUT2D eigenvalue weighted by molar-refractivity contribution is 9.10. The van der Waals surface area contributed by atoms with Crippen molar-refractivity contribution in [2.75, 3.05) is 6.61 Å². The lowest BCUT2D eigenvalue weighted by Crippen LogP contribution is -2.09. The minimum Gasteiger partial charge on any atom is -0.466 e. The molecular weight excluding hydrogens is 268 g/mol. The Kier molecular flexibility index (Phi) is 5.00. The van der Waals surface area contributed by atoms with Crippen LogP contribution < -0.4 is 0 Å². The van der Waals surface area contributed by atoms with E-state index in [-0.39, 0.29) is 11.9 Å². The van der Waals surface area contributed by atoms with Crippen molar-refractivity contribution in [3.05, 3.63) is 33.8 Å². The lowest BCUT2D eigenvalue weighted by atomic mass is 9.94. The molecule has 16 heavy (non-hydrogen) atoms. The monoisotopic (exact) mass is 284 g/mol. The van der Waals surface area contributed by atoms with Crippen molar-refractivity contribution >= 4 is 21.9 Å². The third kappa shape index (κ3) is 3.34. The third-order valence-corrected chi connectivity index (χ3v) is 3.48. The average molecular weight is 285 g/mol. The van der Waals surface area contributed by atoms with Crippen LogP contribution in [0.4, 0.5) is 0 Å². The van der Waals surface area contributed by atoms with Crippen LogP contribution in [0.15, 0.2) is 22.7 Å². The standard InChI is InChI=1S/C13H17BrO2/c1-4-16-13(15)8-9(2)11-6-5-7-12(14)10(11)3/h5-7,9H,4,8H2,1-3H3. The Morgan fingerprint density at radius 1 is 1.50 bits per heavy atom. The van der Waals surface area contributed by atoms with Gasteiger partial charge >= 0.3 is 5.97 Å². The zero-order valence-corrected chi connectivity index (χ0v) is 11.5. The van der Waals surface area contributed by atoms with Crippen molar-refractivity contribution in [3.8, 4) is 0 Å². The molecule has 1 aromatic carbocycles. The Morgan fingerprint density at radius 2 is 2.19 bits per heavy atom. The van der Waals surface area contributed by atoms with Gasteiger partial charge in [-0.3, -0.25) is 4.79 Å². The zero-order chi connectivity index (χ0) is 12.1. The fourth-order valence-electron chi connectivity index (χ4n) is 1.74. The minimum absolute atomic E-state index is 0.130. The fraction of sp³-hybridized carbons (Fsp3) is 0.462. The molecule has 0 fully saturated rings. The molecule has 2 nitrogen and oxygen atoms in total. The maximum Gasteiger partial charge on any atom is 0.306 e. The summed E-state index contributed by atoms with van der Waals surface area (Å²) in [6.45, 7) is 6.38. The Hall–Kier alpha value is -0.830. The lowest BCUT2D eigenvalue weighted by molar-refractivity contribution is -0.143. The van der Waals surface area contributed by atoms with Gasteiger partial charge in [0.05, 0.1) is 13.0 Å². The van der Waals surface area contributed by atoms with E-state index in [2.05, 4.69) is 28.9 Å². The molecule has 0 radical (unpaired) electrons. The normalized spacial score (nSPS) is 12.2. The van der Waals surface area contributed by atoms with Crippen molar-refractivity contribution < 1.29 is 9.53 Å². The van der Waals surface area contributed by atoms with Crippen LogP contribution in [0, 0.1) is 6.92 Å². The first-order chi connectivity index (χ1) is 7.56. The van der Waals surface area contributed by atoms with Crippen molar-refractivity contribution in [2.24, 2.45) is 0 Å². The summed E-state index contributed by atoms with van der Waals surface area (Å²) in [4.78, 5) is 11.4. The van der Waals surface area contributed by atoms with E-state index in [0.29, 0.717) is 13.0 Å². The van der Waals surface area contributed by atoms with E-state index in [9.17, 15) is 4.79 Å². The predicted octanol–water partition coefficient (Wildman–Crippen LogP) is 3.81. The maximum absolute atomic E-state index is 11.4. The molecule has 0 bridgehead atoms. The summed E-state index contributed by atoms with van der Waals surface area (Å²) < 4.78 is 6.04. The number of rotatable bonds is 4. The number of hydrogen-bond donors (Lipinski definition) is 0.